The van der Waals surface area contributed by atoms with E-state index in [2.05, 4.69) is 26.0 Å². The predicted molar refractivity (Wildman–Crippen MR) is 157 cm³/mol. The van der Waals surface area contributed by atoms with E-state index in [1.54, 1.807) is 16.7 Å². The Morgan fingerprint density at radius 3 is 2.58 bits per heavy atom. The van der Waals surface area contributed by atoms with Gasteiger partial charge < -0.3 is 19.6 Å². The standard InChI is InChI=1S/C32H42N2O5S/c1-4-13-22(2)33-18-12-17-32-25(26-30(38)39-19-11-6-5-10-16-31(26,3)40-32)28(36)34(27(32)29(33)37)24(21-35)20-23-14-8-7-9-15-23/h7-10,12,14-17,22,24-27,35H,4-6,11,13,18-21H2,1-3H3/b16-10-/t22?,24-,25+,26+,27?,31-,32+/m1/s1. The summed E-state index contributed by atoms with van der Waals surface area (Å²) in [6, 6.07) is 8.32. The second-order valence-electron chi connectivity index (χ2n) is 11.9. The Hall–Kier alpha value is -2.58. The normalized spacial score (nSPS) is 34.4. The molecule has 4 aliphatic heterocycles. The number of carbonyl (C=O) groups is 3. The summed E-state index contributed by atoms with van der Waals surface area (Å²) in [6.07, 6.45) is 13.0. The summed E-state index contributed by atoms with van der Waals surface area (Å²) in [4.78, 5) is 46.5. The van der Waals surface area contributed by atoms with E-state index >= 15 is 0 Å². The van der Waals surface area contributed by atoms with Crippen molar-refractivity contribution in [2.75, 3.05) is 19.8 Å². The van der Waals surface area contributed by atoms with Gasteiger partial charge in [-0.1, -0.05) is 68.0 Å². The first-order valence-electron chi connectivity index (χ1n) is 14.8. The number of aliphatic hydroxyl groups is 1. The van der Waals surface area contributed by atoms with Crippen molar-refractivity contribution in [3.8, 4) is 0 Å². The van der Waals surface area contributed by atoms with Gasteiger partial charge in [0.1, 0.15) is 6.04 Å². The quantitative estimate of drug-likeness (QED) is 0.394. The van der Waals surface area contributed by atoms with Crippen molar-refractivity contribution in [3.05, 3.63) is 60.2 Å². The number of likely N-dealkylation sites (tertiary alicyclic amines) is 1. The van der Waals surface area contributed by atoms with Gasteiger partial charge in [-0.3, -0.25) is 14.4 Å². The molecule has 8 heteroatoms. The molecule has 1 spiro atoms. The molecule has 0 radical (unpaired) electrons. The Labute approximate surface area is 242 Å². The second-order valence-corrected chi connectivity index (χ2v) is 13.7. The number of thioether (sulfide) groups is 1. The van der Waals surface area contributed by atoms with Crippen LogP contribution in [0, 0.1) is 11.8 Å². The number of ether oxygens (including phenoxy) is 1. The molecule has 0 saturated carbocycles. The first-order valence-corrected chi connectivity index (χ1v) is 15.6. The molecule has 2 saturated heterocycles. The average molecular weight is 567 g/mol. The number of nitrogens with zero attached hydrogens (tertiary/aromatic N) is 2. The maximum Gasteiger partial charge on any atom is 0.311 e. The molecule has 4 heterocycles. The van der Waals surface area contributed by atoms with Gasteiger partial charge in [0.05, 0.1) is 35.8 Å². The third-order valence-corrected chi connectivity index (χ3v) is 10.9. The number of esters is 1. The predicted octanol–water partition coefficient (Wildman–Crippen LogP) is 4.15. The summed E-state index contributed by atoms with van der Waals surface area (Å²) in [6.45, 7) is 6.68. The number of aliphatic hydroxyl groups excluding tert-OH is 1. The minimum absolute atomic E-state index is 0.00237. The molecule has 0 aromatic heterocycles. The maximum absolute atomic E-state index is 14.7. The number of amides is 2. The van der Waals surface area contributed by atoms with Crippen molar-refractivity contribution in [1.82, 2.24) is 9.80 Å². The van der Waals surface area contributed by atoms with Gasteiger partial charge in [0.15, 0.2) is 0 Å². The van der Waals surface area contributed by atoms with Gasteiger partial charge in [-0.15, -0.1) is 11.8 Å². The van der Waals surface area contributed by atoms with E-state index < -0.39 is 33.4 Å². The average Bonchev–Trinajstić information content (AvgIpc) is 3.27. The Balaban J connectivity index is 1.64. The fraction of sp³-hybridized carbons (Fsp3) is 0.594. The number of benzene rings is 1. The lowest BCUT2D eigenvalue weighted by Crippen LogP contribution is -2.58. The van der Waals surface area contributed by atoms with Gasteiger partial charge in [0.2, 0.25) is 11.8 Å². The van der Waals surface area contributed by atoms with Gasteiger partial charge in [-0.25, -0.2) is 0 Å². The summed E-state index contributed by atoms with van der Waals surface area (Å²) in [5.74, 6) is -2.23. The highest BCUT2D eigenvalue weighted by Gasteiger charge is 2.74. The van der Waals surface area contributed by atoms with Crippen LogP contribution in [0.5, 0.6) is 0 Å². The highest BCUT2D eigenvalue weighted by molar-refractivity contribution is 8.02. The Kier molecular flexibility index (Phi) is 8.48. The topological polar surface area (TPSA) is 87.2 Å². The molecule has 2 fully saturated rings. The third kappa shape index (κ3) is 4.91. The van der Waals surface area contributed by atoms with Gasteiger partial charge >= 0.3 is 5.97 Å². The van der Waals surface area contributed by atoms with E-state index in [4.69, 9.17) is 4.74 Å². The summed E-state index contributed by atoms with van der Waals surface area (Å²) >= 11 is 1.56. The molecule has 7 atom stereocenters. The first kappa shape index (κ1) is 28.9. The van der Waals surface area contributed by atoms with Crippen LogP contribution in [0.2, 0.25) is 0 Å². The number of hydrogen-bond donors (Lipinski definition) is 1. The van der Waals surface area contributed by atoms with Gasteiger partial charge in [0, 0.05) is 17.3 Å². The van der Waals surface area contributed by atoms with Crippen molar-refractivity contribution in [3.63, 3.8) is 0 Å². The molecule has 0 aliphatic carbocycles. The van der Waals surface area contributed by atoms with Crippen LogP contribution in [0.3, 0.4) is 0 Å². The summed E-state index contributed by atoms with van der Waals surface area (Å²) < 4.78 is 4.12. The molecule has 2 amide bonds. The first-order chi connectivity index (χ1) is 19.3. The molecule has 40 heavy (non-hydrogen) atoms. The molecule has 5 rings (SSSR count). The molecule has 0 bridgehead atoms. The zero-order valence-electron chi connectivity index (χ0n) is 23.8. The molecular formula is C32H42N2O5S. The number of allylic oxidation sites excluding steroid dienone is 1. The van der Waals surface area contributed by atoms with Gasteiger partial charge in [0.25, 0.3) is 0 Å². The fourth-order valence-electron chi connectivity index (χ4n) is 7.25. The minimum atomic E-state index is -0.949. The number of cyclic esters (lactones) is 1. The lowest BCUT2D eigenvalue weighted by Gasteiger charge is -2.41. The van der Waals surface area contributed by atoms with Crippen LogP contribution in [0.25, 0.3) is 0 Å². The van der Waals surface area contributed by atoms with E-state index in [-0.39, 0.29) is 30.4 Å². The van der Waals surface area contributed by atoms with E-state index in [1.807, 2.05) is 54.3 Å². The van der Waals surface area contributed by atoms with Crippen LogP contribution in [-0.4, -0.2) is 80.1 Å². The SMILES string of the molecule is CCCC(C)N1CC=C[C@]23S[C@]4(C)/C=C\CCCCOC(=O)[C@@H]4[C@H]2C(=O)N([C@@H](CO)Cc2ccccc2)C3C1=O. The summed E-state index contributed by atoms with van der Waals surface area (Å²) in [5.41, 5.74) is 0.979. The van der Waals surface area contributed by atoms with Crippen LogP contribution in [-0.2, 0) is 25.5 Å². The molecule has 1 N–H and O–H groups in total. The Morgan fingerprint density at radius 2 is 1.85 bits per heavy atom. The monoisotopic (exact) mass is 566 g/mol. The van der Waals surface area contributed by atoms with Gasteiger partial charge in [-0.05, 0) is 51.5 Å². The molecule has 1 aromatic rings. The number of carbonyl (C=O) groups excluding carboxylic acids is 3. The van der Waals surface area contributed by atoms with Crippen LogP contribution in [0.4, 0.5) is 0 Å². The summed E-state index contributed by atoms with van der Waals surface area (Å²) in [5, 5.41) is 10.7. The minimum Gasteiger partial charge on any atom is -0.465 e. The van der Waals surface area contributed by atoms with E-state index in [9.17, 15) is 19.5 Å². The largest absolute Gasteiger partial charge is 0.465 e. The van der Waals surface area contributed by atoms with Crippen molar-refractivity contribution >= 4 is 29.5 Å². The zero-order valence-corrected chi connectivity index (χ0v) is 24.6. The van der Waals surface area contributed by atoms with E-state index in [0.717, 1.165) is 37.7 Å². The lowest BCUT2D eigenvalue weighted by molar-refractivity contribution is -0.155. The molecule has 2 unspecified atom stereocenters. The molecular weight excluding hydrogens is 524 g/mol. The molecule has 1 aromatic carbocycles. The van der Waals surface area contributed by atoms with Crippen molar-refractivity contribution in [1.29, 1.82) is 0 Å². The zero-order chi connectivity index (χ0) is 28.5. The molecule has 7 nitrogen and oxygen atoms in total. The van der Waals surface area contributed by atoms with Crippen LogP contribution in [0.15, 0.2) is 54.6 Å². The second kappa shape index (κ2) is 11.7. The Morgan fingerprint density at radius 1 is 1.07 bits per heavy atom. The van der Waals surface area contributed by atoms with Crippen LogP contribution < -0.4 is 0 Å². The highest BCUT2D eigenvalue weighted by Crippen LogP contribution is 2.65. The number of rotatable bonds is 7. The molecule has 216 valence electrons. The van der Waals surface area contributed by atoms with Crippen LogP contribution in [0.1, 0.15) is 58.4 Å². The third-order valence-electron chi connectivity index (χ3n) is 9.13. The van der Waals surface area contributed by atoms with Gasteiger partial charge in [-0.2, -0.15) is 0 Å². The van der Waals surface area contributed by atoms with Crippen molar-refractivity contribution in [2.24, 2.45) is 11.8 Å². The molecule has 4 aliphatic rings. The lowest BCUT2D eigenvalue weighted by atomic mass is 9.74. The van der Waals surface area contributed by atoms with Crippen molar-refractivity contribution in [2.45, 2.75) is 86.9 Å². The Bertz CT molecular complexity index is 1170. The summed E-state index contributed by atoms with van der Waals surface area (Å²) in [7, 11) is 0. The number of fused-ring (bicyclic) bond motifs is 2. The van der Waals surface area contributed by atoms with Crippen molar-refractivity contribution < 1.29 is 24.2 Å². The van der Waals surface area contributed by atoms with Crippen LogP contribution >= 0.6 is 11.8 Å². The smallest absolute Gasteiger partial charge is 0.311 e. The highest BCUT2D eigenvalue weighted by atomic mass is 32.2. The fourth-order valence-corrected chi connectivity index (χ4v) is 9.39. The maximum atomic E-state index is 14.7. The number of hydrogen-bond acceptors (Lipinski definition) is 6. The van der Waals surface area contributed by atoms with E-state index in [0.29, 0.717) is 19.6 Å². The van der Waals surface area contributed by atoms with E-state index in [1.165, 1.54) is 0 Å².